The van der Waals surface area contributed by atoms with Gasteiger partial charge in [-0.25, -0.2) is 8.42 Å². The number of benzene rings is 2. The van der Waals surface area contributed by atoms with Crippen LogP contribution in [0.1, 0.15) is 63.2 Å². The van der Waals surface area contributed by atoms with Crippen LogP contribution in [0.2, 0.25) is 5.02 Å². The summed E-state index contributed by atoms with van der Waals surface area (Å²) in [5.41, 5.74) is 5.79. The van der Waals surface area contributed by atoms with Crippen LogP contribution >= 0.6 is 23.4 Å². The standard InChI is InChI=1S/C30H28ClF3N4O4S2/c31-23-14-20(30(32,33)34)15-36-24(23)16-37-28(40)19-5-8-25-22(13-19)29(9-11-43-12-10-29)26(17-1-2-17)38(25)44(41,42)21-6-3-18(4-7-21)27(35)39/h3-8,13-15,17,26H,1-2,9-12,16H2,(H2,35,39)(H,37,40). The molecule has 8 nitrogen and oxygen atoms in total. The van der Waals surface area contributed by atoms with Gasteiger partial charge in [-0.2, -0.15) is 24.9 Å². The van der Waals surface area contributed by atoms with Gasteiger partial charge >= 0.3 is 6.18 Å². The number of pyridine rings is 1. The molecule has 2 amide bonds. The number of fused-ring (bicyclic) bond motifs is 2. The molecule has 1 saturated heterocycles. The SMILES string of the molecule is NC(=O)c1ccc(S(=O)(=O)N2c3ccc(C(=O)NCc4ncc(C(F)(F)F)cc4Cl)cc3C3(CCSCC3)C2C2CC2)cc1. The lowest BCUT2D eigenvalue weighted by Crippen LogP contribution is -2.50. The summed E-state index contributed by atoms with van der Waals surface area (Å²) in [7, 11) is -4.05. The van der Waals surface area contributed by atoms with Gasteiger partial charge in [0.15, 0.2) is 0 Å². The molecule has 232 valence electrons. The largest absolute Gasteiger partial charge is 0.417 e. The van der Waals surface area contributed by atoms with Crippen molar-refractivity contribution in [3.63, 3.8) is 0 Å². The lowest BCUT2D eigenvalue weighted by Gasteiger charge is -2.41. The number of amides is 2. The Bertz CT molecular complexity index is 1740. The maximum atomic E-state index is 14.3. The van der Waals surface area contributed by atoms with Crippen LogP contribution in [0, 0.1) is 5.92 Å². The van der Waals surface area contributed by atoms with Crippen molar-refractivity contribution in [2.24, 2.45) is 11.7 Å². The van der Waals surface area contributed by atoms with Crippen molar-refractivity contribution in [2.45, 2.75) is 54.8 Å². The highest BCUT2D eigenvalue weighted by molar-refractivity contribution is 7.99. The minimum Gasteiger partial charge on any atom is -0.366 e. The molecule has 1 unspecified atom stereocenters. The maximum absolute atomic E-state index is 14.3. The summed E-state index contributed by atoms with van der Waals surface area (Å²) in [5.74, 6) is 0.709. The minimum absolute atomic E-state index is 0.0454. The molecule has 3 heterocycles. The Hall–Kier alpha value is -3.29. The van der Waals surface area contributed by atoms with Crippen molar-refractivity contribution in [3.8, 4) is 0 Å². The van der Waals surface area contributed by atoms with Crippen molar-refractivity contribution in [1.82, 2.24) is 10.3 Å². The Labute approximate surface area is 261 Å². The molecule has 3 aliphatic rings. The van der Waals surface area contributed by atoms with Crippen LogP contribution in [0.4, 0.5) is 18.9 Å². The Kier molecular flexibility index (Phi) is 7.86. The highest BCUT2D eigenvalue weighted by atomic mass is 35.5. The van der Waals surface area contributed by atoms with E-state index < -0.39 is 39.0 Å². The second-order valence-electron chi connectivity index (χ2n) is 11.3. The number of nitrogens with zero attached hydrogens (tertiary/aromatic N) is 2. The Morgan fingerprint density at radius 1 is 1.07 bits per heavy atom. The van der Waals surface area contributed by atoms with Crippen LogP contribution in [0.3, 0.4) is 0 Å². The van der Waals surface area contributed by atoms with Crippen LogP contribution in [-0.2, 0) is 28.2 Å². The van der Waals surface area contributed by atoms with Gasteiger partial charge in [0.05, 0.1) is 39.4 Å². The van der Waals surface area contributed by atoms with Crippen molar-refractivity contribution in [1.29, 1.82) is 0 Å². The zero-order chi connectivity index (χ0) is 31.4. The number of hydrogen-bond acceptors (Lipinski definition) is 6. The van der Waals surface area contributed by atoms with E-state index >= 15 is 0 Å². The highest BCUT2D eigenvalue weighted by Gasteiger charge is 2.59. The van der Waals surface area contributed by atoms with Crippen molar-refractivity contribution < 1.29 is 31.2 Å². The molecule has 3 aromatic rings. The molecule has 2 fully saturated rings. The fourth-order valence-corrected chi connectivity index (χ4v) is 9.61. The predicted octanol–water partition coefficient (Wildman–Crippen LogP) is 5.54. The van der Waals surface area contributed by atoms with E-state index in [2.05, 4.69) is 10.3 Å². The van der Waals surface area contributed by atoms with Crippen molar-refractivity contribution >= 4 is 50.9 Å². The number of nitrogens with two attached hydrogens (primary N) is 1. The molecule has 1 atom stereocenters. The average molecular weight is 665 g/mol. The smallest absolute Gasteiger partial charge is 0.366 e. The quantitative estimate of drug-likeness (QED) is 0.342. The van der Waals surface area contributed by atoms with Crippen molar-refractivity contribution in [3.05, 3.63) is 87.7 Å². The third-order valence-electron chi connectivity index (χ3n) is 8.66. The topological polar surface area (TPSA) is 122 Å². The molecule has 0 bridgehead atoms. The molecule has 14 heteroatoms. The van der Waals surface area contributed by atoms with Gasteiger partial charge in [0.2, 0.25) is 5.91 Å². The summed E-state index contributed by atoms with van der Waals surface area (Å²) in [6.45, 7) is -0.193. The fourth-order valence-electron chi connectivity index (χ4n) is 6.36. The molecule has 44 heavy (non-hydrogen) atoms. The molecule has 0 radical (unpaired) electrons. The number of rotatable bonds is 7. The van der Waals surface area contributed by atoms with Gasteiger partial charge in [0.25, 0.3) is 15.9 Å². The monoisotopic (exact) mass is 664 g/mol. The Morgan fingerprint density at radius 3 is 2.32 bits per heavy atom. The fraction of sp³-hybridized carbons (Fsp3) is 0.367. The van der Waals surface area contributed by atoms with Crippen LogP contribution in [0.5, 0.6) is 0 Å². The molecular weight excluding hydrogens is 637 g/mol. The molecular formula is C30H28ClF3N4O4S2. The maximum Gasteiger partial charge on any atom is 0.417 e. The van der Waals surface area contributed by atoms with Gasteiger partial charge < -0.3 is 11.1 Å². The first-order valence-electron chi connectivity index (χ1n) is 14.0. The molecule has 6 rings (SSSR count). The summed E-state index contributed by atoms with van der Waals surface area (Å²) < 4.78 is 69.1. The Morgan fingerprint density at radius 2 is 1.73 bits per heavy atom. The number of primary amides is 1. The van der Waals surface area contributed by atoms with E-state index in [1.807, 2.05) is 11.8 Å². The molecule has 2 aromatic carbocycles. The zero-order valence-electron chi connectivity index (χ0n) is 23.2. The molecule has 1 aromatic heterocycles. The summed E-state index contributed by atoms with van der Waals surface area (Å²) in [6.07, 6.45) is -0.642. The summed E-state index contributed by atoms with van der Waals surface area (Å²) in [4.78, 5) is 28.7. The lowest BCUT2D eigenvalue weighted by molar-refractivity contribution is -0.137. The van der Waals surface area contributed by atoms with Gasteiger partial charge in [-0.15, -0.1) is 0 Å². The normalized spacial score (nSPS) is 19.5. The molecule has 2 aliphatic heterocycles. The van der Waals surface area contributed by atoms with Gasteiger partial charge in [-0.3, -0.25) is 18.9 Å². The van der Waals surface area contributed by atoms with Gasteiger partial charge in [0.1, 0.15) is 0 Å². The molecule has 1 spiro atoms. The van der Waals surface area contributed by atoms with Gasteiger partial charge in [0, 0.05) is 22.7 Å². The third-order valence-corrected chi connectivity index (χ3v) is 11.8. The number of hydrogen-bond donors (Lipinski definition) is 2. The number of nitrogens with one attached hydrogen (secondary N) is 1. The number of carbonyl (C=O) groups is 2. The van der Waals surface area contributed by atoms with E-state index in [9.17, 15) is 31.2 Å². The highest BCUT2D eigenvalue weighted by Crippen LogP contribution is 2.59. The number of halogens is 4. The van der Waals surface area contributed by atoms with Crippen LogP contribution in [0.15, 0.2) is 59.6 Å². The third kappa shape index (κ3) is 5.43. The van der Waals surface area contributed by atoms with Gasteiger partial charge in [-0.05, 0) is 97.2 Å². The van der Waals surface area contributed by atoms with E-state index in [1.54, 1.807) is 18.2 Å². The molecule has 1 aliphatic carbocycles. The number of carbonyl (C=O) groups excluding carboxylic acids is 2. The number of thioether (sulfide) groups is 1. The van der Waals surface area contributed by atoms with E-state index in [4.69, 9.17) is 17.3 Å². The van der Waals surface area contributed by atoms with E-state index in [-0.39, 0.29) is 39.7 Å². The first-order chi connectivity index (χ1) is 20.8. The summed E-state index contributed by atoms with van der Waals surface area (Å²) >= 11 is 7.84. The average Bonchev–Trinajstić information content (AvgIpc) is 3.80. The number of aromatic nitrogens is 1. The van der Waals surface area contributed by atoms with E-state index in [1.165, 1.54) is 28.6 Å². The van der Waals surface area contributed by atoms with Crippen LogP contribution < -0.4 is 15.4 Å². The molecule has 1 saturated carbocycles. The van der Waals surface area contributed by atoms with Crippen LogP contribution in [0.25, 0.3) is 0 Å². The lowest BCUT2D eigenvalue weighted by atomic mass is 9.70. The predicted molar refractivity (Wildman–Crippen MR) is 161 cm³/mol. The molecule has 3 N–H and O–H groups in total. The van der Waals surface area contributed by atoms with Crippen molar-refractivity contribution in [2.75, 3.05) is 15.8 Å². The minimum atomic E-state index is -4.59. The summed E-state index contributed by atoms with van der Waals surface area (Å²) in [6, 6.07) is 11.0. The Balaban J connectivity index is 1.35. The van der Waals surface area contributed by atoms with Crippen LogP contribution in [-0.4, -0.2) is 42.8 Å². The first-order valence-corrected chi connectivity index (χ1v) is 17.0. The second-order valence-corrected chi connectivity index (χ2v) is 14.8. The van der Waals surface area contributed by atoms with E-state index in [0.29, 0.717) is 17.4 Å². The van der Waals surface area contributed by atoms with Gasteiger partial charge in [-0.1, -0.05) is 11.6 Å². The summed E-state index contributed by atoms with van der Waals surface area (Å²) in [5, 5.41) is 2.47. The number of sulfonamides is 1. The number of anilines is 1. The zero-order valence-corrected chi connectivity index (χ0v) is 25.6. The first kappa shape index (κ1) is 30.7. The van der Waals surface area contributed by atoms with E-state index in [0.717, 1.165) is 48.8 Å². The second kappa shape index (κ2) is 11.3. The number of alkyl halides is 3.